The Labute approximate surface area is 97.4 Å². The fourth-order valence-corrected chi connectivity index (χ4v) is 1.65. The minimum Gasteiger partial charge on any atom is -0.324 e. The standard InChI is InChI=1S/C10H10Cl2FNO/c1-2-3-9(15)14-10-7(11)4-6(13)5-8(10)12/h4-5H,2-3H2,1H3,(H,14,15). The number of carbonyl (C=O) groups is 1. The van der Waals surface area contributed by atoms with Gasteiger partial charge in [-0.1, -0.05) is 30.1 Å². The summed E-state index contributed by atoms with van der Waals surface area (Å²) in [4.78, 5) is 11.3. The fraction of sp³-hybridized carbons (Fsp3) is 0.300. The summed E-state index contributed by atoms with van der Waals surface area (Å²) in [6.45, 7) is 1.88. The highest BCUT2D eigenvalue weighted by Gasteiger charge is 2.10. The van der Waals surface area contributed by atoms with Gasteiger partial charge in [0.2, 0.25) is 5.91 Å². The summed E-state index contributed by atoms with van der Waals surface area (Å²) in [7, 11) is 0. The summed E-state index contributed by atoms with van der Waals surface area (Å²) in [6, 6.07) is 2.21. The monoisotopic (exact) mass is 249 g/mol. The molecule has 0 heterocycles. The molecule has 0 aliphatic carbocycles. The van der Waals surface area contributed by atoms with Gasteiger partial charge < -0.3 is 5.32 Å². The fourth-order valence-electron chi connectivity index (χ4n) is 1.09. The second-order valence-corrected chi connectivity index (χ2v) is 3.86. The highest BCUT2D eigenvalue weighted by Crippen LogP contribution is 2.31. The first kappa shape index (κ1) is 12.3. The number of nitrogens with one attached hydrogen (secondary N) is 1. The predicted octanol–water partition coefficient (Wildman–Crippen LogP) is 3.87. The minimum absolute atomic E-state index is 0.101. The molecule has 82 valence electrons. The Kier molecular flexibility index (Phi) is 4.36. The van der Waals surface area contributed by atoms with Gasteiger partial charge in [0.05, 0.1) is 15.7 Å². The molecule has 1 rings (SSSR count). The zero-order valence-electron chi connectivity index (χ0n) is 8.11. The van der Waals surface area contributed by atoms with Gasteiger partial charge in [0, 0.05) is 6.42 Å². The first-order chi connectivity index (χ1) is 7.04. The molecular weight excluding hydrogens is 240 g/mol. The van der Waals surface area contributed by atoms with E-state index in [0.29, 0.717) is 6.42 Å². The van der Waals surface area contributed by atoms with Crippen molar-refractivity contribution in [2.24, 2.45) is 0 Å². The topological polar surface area (TPSA) is 29.1 Å². The molecular formula is C10H10Cl2FNO. The first-order valence-corrected chi connectivity index (χ1v) is 5.24. The van der Waals surface area contributed by atoms with Crippen molar-refractivity contribution < 1.29 is 9.18 Å². The van der Waals surface area contributed by atoms with Crippen LogP contribution in [0.1, 0.15) is 19.8 Å². The van der Waals surface area contributed by atoms with Crippen LogP contribution in [0.3, 0.4) is 0 Å². The Balaban J connectivity index is 2.90. The number of hydrogen-bond donors (Lipinski definition) is 1. The van der Waals surface area contributed by atoms with Crippen LogP contribution in [0.15, 0.2) is 12.1 Å². The van der Waals surface area contributed by atoms with Crippen LogP contribution in [0.4, 0.5) is 10.1 Å². The van der Waals surface area contributed by atoms with Gasteiger partial charge in [-0.2, -0.15) is 0 Å². The Hall–Kier alpha value is -0.800. The number of halogens is 3. The molecule has 0 unspecified atom stereocenters. The maximum absolute atomic E-state index is 12.8. The predicted molar refractivity (Wildman–Crippen MR) is 60.0 cm³/mol. The van der Waals surface area contributed by atoms with Crippen molar-refractivity contribution in [2.75, 3.05) is 5.32 Å². The van der Waals surface area contributed by atoms with Gasteiger partial charge in [-0.3, -0.25) is 4.79 Å². The molecule has 1 N–H and O–H groups in total. The van der Waals surface area contributed by atoms with Gasteiger partial charge in [-0.15, -0.1) is 0 Å². The van der Waals surface area contributed by atoms with Crippen molar-refractivity contribution in [3.05, 3.63) is 28.0 Å². The quantitative estimate of drug-likeness (QED) is 0.866. The lowest BCUT2D eigenvalue weighted by molar-refractivity contribution is -0.116. The number of hydrogen-bond acceptors (Lipinski definition) is 1. The summed E-state index contributed by atoms with van der Waals surface area (Å²) < 4.78 is 12.8. The van der Waals surface area contributed by atoms with E-state index >= 15 is 0 Å². The molecule has 1 aromatic carbocycles. The van der Waals surface area contributed by atoms with Crippen LogP contribution in [-0.4, -0.2) is 5.91 Å². The van der Waals surface area contributed by atoms with E-state index in [9.17, 15) is 9.18 Å². The highest BCUT2D eigenvalue weighted by atomic mass is 35.5. The normalized spacial score (nSPS) is 10.1. The van der Waals surface area contributed by atoms with E-state index in [0.717, 1.165) is 18.6 Å². The lowest BCUT2D eigenvalue weighted by atomic mass is 10.2. The largest absolute Gasteiger partial charge is 0.324 e. The molecule has 0 aromatic heterocycles. The van der Waals surface area contributed by atoms with Gasteiger partial charge in [0.15, 0.2) is 0 Å². The molecule has 15 heavy (non-hydrogen) atoms. The molecule has 1 aromatic rings. The van der Waals surface area contributed by atoms with Crippen LogP contribution < -0.4 is 5.32 Å². The number of rotatable bonds is 3. The van der Waals surface area contributed by atoms with E-state index in [-0.39, 0.29) is 21.6 Å². The Bertz CT molecular complexity index is 359. The van der Waals surface area contributed by atoms with Crippen molar-refractivity contribution >= 4 is 34.8 Å². The van der Waals surface area contributed by atoms with E-state index in [2.05, 4.69) is 5.32 Å². The van der Waals surface area contributed by atoms with Crippen LogP contribution in [-0.2, 0) is 4.79 Å². The van der Waals surface area contributed by atoms with Gasteiger partial charge >= 0.3 is 0 Å². The molecule has 0 atom stereocenters. The van der Waals surface area contributed by atoms with E-state index in [4.69, 9.17) is 23.2 Å². The molecule has 0 bridgehead atoms. The number of amides is 1. The van der Waals surface area contributed by atoms with E-state index < -0.39 is 5.82 Å². The maximum atomic E-state index is 12.8. The third-order valence-corrected chi connectivity index (χ3v) is 2.34. The number of anilines is 1. The third kappa shape index (κ3) is 3.36. The summed E-state index contributed by atoms with van der Waals surface area (Å²) in [5.41, 5.74) is 0.262. The molecule has 0 saturated carbocycles. The van der Waals surface area contributed by atoms with Crippen molar-refractivity contribution in [2.45, 2.75) is 19.8 Å². The second-order valence-electron chi connectivity index (χ2n) is 3.04. The molecule has 0 aliphatic heterocycles. The molecule has 0 fully saturated rings. The number of carbonyl (C=O) groups excluding carboxylic acids is 1. The molecule has 1 amide bonds. The van der Waals surface area contributed by atoms with Crippen LogP contribution in [0.5, 0.6) is 0 Å². The van der Waals surface area contributed by atoms with Crippen molar-refractivity contribution in [1.29, 1.82) is 0 Å². The molecule has 2 nitrogen and oxygen atoms in total. The Morgan fingerprint density at radius 3 is 2.40 bits per heavy atom. The molecule has 5 heteroatoms. The summed E-state index contributed by atoms with van der Waals surface area (Å²) in [6.07, 6.45) is 1.10. The van der Waals surface area contributed by atoms with Crippen LogP contribution in [0.25, 0.3) is 0 Å². The SMILES string of the molecule is CCCC(=O)Nc1c(Cl)cc(F)cc1Cl. The highest BCUT2D eigenvalue weighted by molar-refractivity contribution is 6.39. The zero-order chi connectivity index (χ0) is 11.4. The van der Waals surface area contributed by atoms with Gasteiger partial charge in [0.25, 0.3) is 0 Å². The van der Waals surface area contributed by atoms with E-state index in [1.54, 1.807) is 0 Å². The van der Waals surface area contributed by atoms with Gasteiger partial charge in [0.1, 0.15) is 5.82 Å². The van der Waals surface area contributed by atoms with Crippen molar-refractivity contribution in [3.8, 4) is 0 Å². The smallest absolute Gasteiger partial charge is 0.224 e. The van der Waals surface area contributed by atoms with Crippen LogP contribution in [0, 0.1) is 5.82 Å². The van der Waals surface area contributed by atoms with Gasteiger partial charge in [-0.05, 0) is 18.6 Å². The Morgan fingerprint density at radius 1 is 1.40 bits per heavy atom. The maximum Gasteiger partial charge on any atom is 0.224 e. The molecule has 0 aliphatic rings. The summed E-state index contributed by atoms with van der Waals surface area (Å²) in [5.74, 6) is -0.716. The van der Waals surface area contributed by atoms with Crippen LogP contribution >= 0.6 is 23.2 Å². The molecule has 0 saturated heterocycles. The molecule has 0 spiro atoms. The molecule has 0 radical (unpaired) electrons. The average Bonchev–Trinajstić information content (AvgIpc) is 2.11. The second kappa shape index (κ2) is 5.33. The van der Waals surface area contributed by atoms with Crippen molar-refractivity contribution in [3.63, 3.8) is 0 Å². The zero-order valence-corrected chi connectivity index (χ0v) is 9.62. The Morgan fingerprint density at radius 2 is 1.93 bits per heavy atom. The van der Waals surface area contributed by atoms with Crippen molar-refractivity contribution in [1.82, 2.24) is 0 Å². The summed E-state index contributed by atoms with van der Waals surface area (Å²) in [5, 5.41) is 2.74. The van der Waals surface area contributed by atoms with Gasteiger partial charge in [-0.25, -0.2) is 4.39 Å². The lowest BCUT2D eigenvalue weighted by Crippen LogP contribution is -2.11. The average molecular weight is 250 g/mol. The first-order valence-electron chi connectivity index (χ1n) is 4.49. The van der Waals surface area contributed by atoms with E-state index in [1.165, 1.54) is 0 Å². The summed E-state index contributed by atoms with van der Waals surface area (Å²) >= 11 is 11.5. The third-order valence-electron chi connectivity index (χ3n) is 1.75. The number of benzene rings is 1. The van der Waals surface area contributed by atoms with Crippen LogP contribution in [0.2, 0.25) is 10.0 Å². The van der Waals surface area contributed by atoms with E-state index in [1.807, 2.05) is 6.92 Å². The minimum atomic E-state index is -0.529. The lowest BCUT2D eigenvalue weighted by Gasteiger charge is -2.08.